The van der Waals surface area contributed by atoms with Crippen LogP contribution in [-0.2, 0) is 97.2 Å². The summed E-state index contributed by atoms with van der Waals surface area (Å²) in [7, 11) is 2.20. The van der Waals surface area contributed by atoms with Crippen LogP contribution in [0.5, 0.6) is 57.5 Å². The second-order valence-electron chi connectivity index (χ2n) is 32.2. The Morgan fingerprint density at radius 3 is 1.16 bits per heavy atom. The number of allylic oxidation sites excluding steroid dienone is 1. The highest BCUT2D eigenvalue weighted by molar-refractivity contribution is 9.09. The highest BCUT2D eigenvalue weighted by Gasteiger charge is 2.39. The number of ether oxygens (including phenoxy) is 15. The number of carboxylic acid groups (broad SMARTS) is 1. The molecule has 5 saturated heterocycles. The van der Waals surface area contributed by atoms with Gasteiger partial charge in [-0.05, 0) is 266 Å². The first-order valence-corrected chi connectivity index (χ1v) is 51.5. The van der Waals surface area contributed by atoms with Crippen LogP contribution in [0.25, 0.3) is 0 Å². The van der Waals surface area contributed by atoms with Crippen molar-refractivity contribution in [1.82, 2.24) is 0 Å². The molecule has 0 aromatic heterocycles. The van der Waals surface area contributed by atoms with E-state index in [4.69, 9.17) is 113 Å². The number of alkyl halides is 1. The van der Waals surface area contributed by atoms with Crippen molar-refractivity contribution in [2.75, 3.05) is 137 Å². The van der Waals surface area contributed by atoms with Crippen molar-refractivity contribution < 1.29 is 145 Å². The third kappa shape index (κ3) is 56.7. The predicted octanol–water partition coefficient (Wildman–Crippen LogP) is 19.3. The van der Waals surface area contributed by atoms with Crippen molar-refractivity contribution in [2.45, 2.75) is 137 Å². The third-order valence-corrected chi connectivity index (χ3v) is 21.7. The van der Waals surface area contributed by atoms with Crippen LogP contribution in [0.15, 0.2) is 244 Å². The number of aliphatic hydroxyl groups is 3. The van der Waals surface area contributed by atoms with Crippen LogP contribution in [0.4, 0.5) is 0 Å². The lowest BCUT2D eigenvalue weighted by atomic mass is 9.84. The Kier molecular flexibility index (Phi) is 66.5. The Balaban J connectivity index is 0.000000420. The first kappa shape index (κ1) is 123. The molecule has 0 aliphatic carbocycles. The van der Waals surface area contributed by atoms with Crippen molar-refractivity contribution in [1.29, 1.82) is 1.28 Å². The number of aromatic carboxylic acids is 1. The highest BCUT2D eigenvalue weighted by Crippen LogP contribution is 2.35. The normalized spacial score (nSPS) is 15.2. The van der Waals surface area contributed by atoms with Gasteiger partial charge in [0.2, 0.25) is 0 Å². The molecule has 6 aliphatic heterocycles. The minimum absolute atomic E-state index is 0.0532. The van der Waals surface area contributed by atoms with Crippen molar-refractivity contribution in [2.24, 2.45) is 16.2 Å². The summed E-state index contributed by atoms with van der Waals surface area (Å²) in [5, 5.41) is 70.1. The Morgan fingerprint density at radius 2 is 0.852 bits per heavy atom. The van der Waals surface area contributed by atoms with Crippen LogP contribution < -0.4 is 28.4 Å². The molecule has 8 aromatic rings. The van der Waals surface area contributed by atoms with E-state index in [1.54, 1.807) is 98.1 Å². The number of aliphatic hydroxyl groups excluding tert-OH is 3. The summed E-state index contributed by atoms with van der Waals surface area (Å²) in [6.45, 7) is 29.5. The Bertz CT molecular complexity index is 4790. The number of hydrogen-bond acceptors (Lipinski definition) is 30. The van der Waals surface area contributed by atoms with E-state index in [0.717, 1.165) is 132 Å². The number of rotatable bonds is 35. The van der Waals surface area contributed by atoms with Gasteiger partial charge >= 0.3 is 37.1 Å². The molecule has 0 amide bonds. The fourth-order valence-corrected chi connectivity index (χ4v) is 12.4. The maximum absolute atomic E-state index is 12.2. The molecule has 0 radical (unpaired) electrons. The Hall–Kier alpha value is -11.1. The maximum Gasteiger partial charge on any atom is 0.355 e. The van der Waals surface area contributed by atoms with Crippen LogP contribution in [0.2, 0.25) is 0 Å². The summed E-state index contributed by atoms with van der Waals surface area (Å²) < 4.78 is 89.1. The molecule has 8 N–H and O–H groups in total. The van der Waals surface area contributed by atoms with Gasteiger partial charge in [-0.25, -0.2) is 24.0 Å². The molecule has 0 spiro atoms. The minimum atomic E-state index is -0.922. The molecule has 14 rings (SSSR count). The third-order valence-electron chi connectivity index (χ3n) is 21.2. The van der Waals surface area contributed by atoms with E-state index in [2.05, 4.69) is 105 Å². The highest BCUT2D eigenvalue weighted by atomic mass is 79.9. The molecule has 5 fully saturated rings. The smallest absolute Gasteiger partial charge is 0.355 e. The summed E-state index contributed by atoms with van der Waals surface area (Å²) in [6.07, 6.45) is 22.6. The van der Waals surface area contributed by atoms with Crippen LogP contribution in [0.1, 0.15) is 141 Å². The van der Waals surface area contributed by atoms with Gasteiger partial charge in [-0.15, -0.1) is 0 Å². The Labute approximate surface area is 858 Å². The lowest BCUT2D eigenvalue weighted by Crippen LogP contribution is -2.46. The number of phenols is 4. The average molecular weight is 2120 g/mol. The molecule has 142 heavy (non-hydrogen) atoms. The van der Waals surface area contributed by atoms with Gasteiger partial charge in [0.25, 0.3) is 0 Å². The fourth-order valence-electron chi connectivity index (χ4n) is 12.3. The summed E-state index contributed by atoms with van der Waals surface area (Å²) in [4.78, 5) is 65.4. The molecular weight excluding hydrogens is 1970 g/mol. The van der Waals surface area contributed by atoms with Crippen LogP contribution in [-0.4, -0.2) is 228 Å². The van der Waals surface area contributed by atoms with Gasteiger partial charge < -0.3 is 116 Å². The van der Waals surface area contributed by atoms with Gasteiger partial charge in [-0.3, -0.25) is 4.79 Å². The number of hydrogen-bond donors (Lipinski definition) is 8. The van der Waals surface area contributed by atoms with E-state index >= 15 is 0 Å². The SMILES string of the molecule is C1=COCCC1.C=CC(=O)OCCOc1ccc(O)cc1.C=CC(=O)OCCOc1ccc(OC(=O)Cc2ccc(OCC3(CC)COC3)cc2)cc1.C=CC(=O)OCl.CCC1(CO)COC1.CCC1(COc2ccc(C(=O)O)cc2)COC1.CCOC(=O)c1ccc(C)cc1.OCCBr.OCCOc1ccc(CC2CCCCO2)cc1.Oc1ccc(CC2CCCCO2)cc1.Oc1ccc(O)cc1.[3H][P+](P)=S. The largest absolute Gasteiger partial charge is 0.508 e. The fraction of sp³-hybridized carbons (Fsp3) is 0.421. The molecule has 778 valence electrons. The molecule has 4 atom stereocenters. The van der Waals surface area contributed by atoms with E-state index in [1.165, 1.54) is 98.9 Å². The number of carboxylic acids is 1. The molecule has 8 aromatic carbocycles. The predicted molar refractivity (Wildman–Crippen MR) is 557 cm³/mol. The lowest BCUT2D eigenvalue weighted by Gasteiger charge is -2.40. The van der Waals surface area contributed by atoms with E-state index in [1.807, 2.05) is 73.7 Å². The summed E-state index contributed by atoms with van der Waals surface area (Å²) in [6, 6.07) is 55.4. The number of esters is 4. The molecule has 0 saturated carbocycles. The average Bonchev–Trinajstić information content (AvgIpc) is 0.810. The number of carbonyl (C=O) groups is 6. The number of phenolic OH excluding ortho intramolecular Hbond substituents is 4. The molecule has 4 unspecified atom stereocenters. The maximum atomic E-state index is 12.2. The number of carbonyl (C=O) groups excluding carboxylic acids is 5. The quantitative estimate of drug-likeness (QED) is 0.00267. The summed E-state index contributed by atoms with van der Waals surface area (Å²) >= 11 is 11.8. The minimum Gasteiger partial charge on any atom is -0.508 e. The van der Waals surface area contributed by atoms with Gasteiger partial charge in [-0.2, -0.15) is 0 Å². The number of aryl methyl sites for hydroxylation is 1. The topological polar surface area (TPSA) is 412 Å². The monoisotopic (exact) mass is 2120 g/mol. The van der Waals surface area contributed by atoms with Gasteiger partial charge in [0.1, 0.15) is 102 Å². The van der Waals surface area contributed by atoms with E-state index in [9.17, 15) is 28.8 Å². The molecule has 6 heterocycles. The summed E-state index contributed by atoms with van der Waals surface area (Å²) in [5.41, 5.74) is 5.81. The van der Waals surface area contributed by atoms with Gasteiger partial charge in [0, 0.05) is 42.2 Å². The zero-order valence-electron chi connectivity index (χ0n) is 82.6. The van der Waals surface area contributed by atoms with E-state index in [0.29, 0.717) is 78.3 Å². The second kappa shape index (κ2) is 76.6. The molecular formula is C107H141BrClO30P2S+. The van der Waals surface area contributed by atoms with Gasteiger partial charge in [0.05, 0.1) is 142 Å². The van der Waals surface area contributed by atoms with Crippen molar-refractivity contribution in [3.05, 3.63) is 278 Å². The zero-order valence-corrected chi connectivity index (χ0v) is 86.8. The van der Waals surface area contributed by atoms with Gasteiger partial charge in [-0.1, -0.05) is 111 Å². The second-order valence-corrected chi connectivity index (χ2v) is 35.9. The van der Waals surface area contributed by atoms with Crippen LogP contribution in [0, 0.1) is 23.2 Å². The molecule has 30 nitrogen and oxygen atoms in total. The van der Waals surface area contributed by atoms with E-state index in [-0.39, 0.29) is 104 Å². The van der Waals surface area contributed by atoms with Crippen LogP contribution >= 0.6 is 43.7 Å². The first-order chi connectivity index (χ1) is 68.9. The zero-order chi connectivity index (χ0) is 105. The van der Waals surface area contributed by atoms with Crippen molar-refractivity contribution in [3.63, 3.8) is 0 Å². The van der Waals surface area contributed by atoms with Gasteiger partial charge in [0.15, 0.2) is 18.8 Å². The first-order valence-electron chi connectivity index (χ1n) is 47.0. The Morgan fingerprint density at radius 1 is 0.486 bits per heavy atom. The van der Waals surface area contributed by atoms with Crippen LogP contribution in [0.3, 0.4) is 0 Å². The standard InChI is InChI=1S/C25H28O7.C14H20O3.C13H16O4.C12H16O2.C11H12O4.C10H12O2.C6H12O2.C6H6O2.C5H8O.C3H3ClO2.C2H5BrO.H2P2S/c1-3-23(26)30-14-13-29-20-9-11-22(12-10-20)32-24(27)15-19-5-7-21(8-6-19)31-18-25(4-2)16-28-17-25;15-8-10-17-13-6-4-12(5-7-13)11-14-3-1-2-9-16-14;1-2-13(7-16-8-13)9-17-11-5-3-10(4-6-11)12(14)15;13-11-6-4-10(5-7-11)9-12-3-1-2-8-14-12;1-2-11(13)15-8-7-14-10-5-3-9(12)4-6-10;1-3-12-10(11)9-6-4-8(2)5-7-9;1-2-6(3-7)4-8-5-6;7-5-1-2-6(8)4-3-5;1-2-4-6-5-3-1;1-2-3(5)6-4;3-1-2-4;1-2-3/h3,5-12H,1,4,13-18H2,2H3;4-7,14-15H,1-3,8-11H2;3-6H,2,7-9H2,1H3,(H,14,15);4-7,12-13H,1-3,8-9H2;2-6,12H,1,7-8H2;4-7H,3H2,1-2H3;7H,2-5H2,1H3;1-4,7-8H;2,4H,1,3,5H2;2H,1H2;4H,1-2H2;1H2/p+1/i/hT. The molecule has 35 heteroatoms. The summed E-state index contributed by atoms with van der Waals surface area (Å²) in [5.74, 6) is 1.63. The lowest BCUT2D eigenvalue weighted by molar-refractivity contribution is -0.139. The van der Waals surface area contributed by atoms with Crippen molar-refractivity contribution in [3.8, 4) is 57.5 Å². The number of aromatic hydroxyl groups is 4. The molecule has 6 aliphatic rings. The number of halogens is 2. The molecule has 0 bridgehead atoms. The van der Waals surface area contributed by atoms with Crippen molar-refractivity contribution >= 4 is 91.3 Å². The number of benzene rings is 8. The van der Waals surface area contributed by atoms with E-state index < -0.39 is 30.9 Å².